The zero-order valence-corrected chi connectivity index (χ0v) is 48.9. The number of anilines is 6. The van der Waals surface area contributed by atoms with E-state index in [-0.39, 0.29) is 23.0 Å². The van der Waals surface area contributed by atoms with E-state index in [1.807, 2.05) is 0 Å². The van der Waals surface area contributed by atoms with E-state index in [9.17, 15) is 0 Å². The third kappa shape index (κ3) is 6.25. The van der Waals surface area contributed by atoms with Gasteiger partial charge in [0.1, 0.15) is 0 Å². The Morgan fingerprint density at radius 2 is 0.542 bits per heavy atom. The number of benzene rings is 11. The highest BCUT2D eigenvalue weighted by Gasteiger charge is 2.54. The van der Waals surface area contributed by atoms with Gasteiger partial charge in [0.2, 0.25) is 0 Å². The Balaban J connectivity index is 0.941. The Bertz CT molecular complexity index is 4290. The van der Waals surface area contributed by atoms with Crippen molar-refractivity contribution in [3.63, 3.8) is 0 Å². The summed E-state index contributed by atoms with van der Waals surface area (Å²) >= 11 is 0. The summed E-state index contributed by atoms with van der Waals surface area (Å²) in [6.45, 7) is 21.3. The van der Waals surface area contributed by atoms with E-state index in [0.717, 1.165) is 0 Å². The molecule has 17 rings (SSSR count). The second-order valence-corrected chi connectivity index (χ2v) is 27.6. The Kier molecular flexibility index (Phi) is 9.65. The van der Waals surface area contributed by atoms with Gasteiger partial charge < -0.3 is 9.80 Å². The van der Waals surface area contributed by atoms with Gasteiger partial charge in [0, 0.05) is 34.1 Å². The average molecular weight is 1070 g/mol. The molecule has 3 heteroatoms. The van der Waals surface area contributed by atoms with Gasteiger partial charge in [-0.05, 0) is 187 Å². The van der Waals surface area contributed by atoms with E-state index in [1.165, 1.54) is 156 Å². The third-order valence-corrected chi connectivity index (χ3v) is 20.1. The summed E-state index contributed by atoms with van der Waals surface area (Å²) in [5.41, 5.74) is 35.5. The smallest absolute Gasteiger partial charge is 0.252 e. The van der Waals surface area contributed by atoms with Gasteiger partial charge in [-0.3, -0.25) is 0 Å². The fourth-order valence-electron chi connectivity index (χ4n) is 16.4. The zero-order valence-electron chi connectivity index (χ0n) is 48.9. The molecule has 83 heavy (non-hydrogen) atoms. The van der Waals surface area contributed by atoms with Crippen LogP contribution < -0.4 is 26.2 Å². The van der Waals surface area contributed by atoms with Crippen molar-refractivity contribution in [1.82, 2.24) is 0 Å². The van der Waals surface area contributed by atoms with Crippen molar-refractivity contribution >= 4 is 57.2 Å². The van der Waals surface area contributed by atoms with Gasteiger partial charge in [0.15, 0.2) is 0 Å². The summed E-state index contributed by atoms with van der Waals surface area (Å²) in [6.07, 6.45) is 0. The molecule has 0 bridgehead atoms. The molecule has 4 aliphatic carbocycles. The number of rotatable bonds is 2. The van der Waals surface area contributed by atoms with Gasteiger partial charge in [0.05, 0.1) is 10.8 Å². The van der Waals surface area contributed by atoms with Crippen molar-refractivity contribution in [3.8, 4) is 44.5 Å². The Labute approximate surface area is 489 Å². The highest BCUT2D eigenvalue weighted by Crippen LogP contribution is 2.65. The Hall–Kier alpha value is -8.92. The average Bonchev–Trinajstić information content (AvgIpc) is 1.68. The van der Waals surface area contributed by atoms with Gasteiger partial charge in [-0.15, -0.1) is 0 Å². The standard InChI is InChI=1S/C80H65BN2/c1-76(2,3)48-34-40-69-71(42-48)82(51-36-38-67-59(46-51)57-26-14-20-32-65(57)79(67)61-28-16-10-22-53(61)54-23-11-17-29-62(54)79)73-44-50(78(7,8)9)45-74-75(73)81(69)70-41-35-49(77(4,5)6)43-72(70)83(74)52-37-39-68-60(47-52)58-27-15-21-33-66(58)80(68)63-30-18-12-24-55(63)56-25-13-19-31-64(56)80/h10-47H,1-9H3. The molecule has 2 heterocycles. The fraction of sp³-hybridized carbons (Fsp3) is 0.175. The van der Waals surface area contributed by atoms with Crippen molar-refractivity contribution in [2.45, 2.75) is 89.4 Å². The van der Waals surface area contributed by atoms with E-state index in [1.54, 1.807) is 0 Å². The van der Waals surface area contributed by atoms with Gasteiger partial charge >= 0.3 is 0 Å². The molecule has 0 saturated heterocycles. The first kappa shape index (κ1) is 48.8. The van der Waals surface area contributed by atoms with Crippen LogP contribution >= 0.6 is 0 Å². The van der Waals surface area contributed by atoms with Crippen LogP contribution in [-0.2, 0) is 27.1 Å². The predicted octanol–water partition coefficient (Wildman–Crippen LogP) is 18.3. The molecule has 0 atom stereocenters. The number of nitrogens with zero attached hydrogens (tertiary/aromatic N) is 2. The summed E-state index contributed by atoms with van der Waals surface area (Å²) in [4.78, 5) is 5.34. The lowest BCUT2D eigenvalue weighted by atomic mass is 9.33. The van der Waals surface area contributed by atoms with Crippen molar-refractivity contribution < 1.29 is 0 Å². The number of fused-ring (bicyclic) bond motifs is 24. The first-order chi connectivity index (χ1) is 40.1. The van der Waals surface area contributed by atoms with E-state index in [0.29, 0.717) is 0 Å². The fourth-order valence-corrected chi connectivity index (χ4v) is 16.4. The SMILES string of the molecule is CC(C)(C)c1ccc2c(c1)N(c1ccc3c(c1)-c1ccccc1C31c3ccccc3-c3ccccc31)c1cc(C(C)(C)C)cc3c1B2c1ccc(C(C)(C)C)cc1N3c1ccc2c(c1)-c1ccccc1C21c2ccccc2-c2ccccc21. The summed E-state index contributed by atoms with van der Waals surface area (Å²) in [7, 11) is 0. The van der Waals surface area contributed by atoms with E-state index >= 15 is 0 Å². The van der Waals surface area contributed by atoms with Crippen LogP contribution in [0.25, 0.3) is 44.5 Å². The van der Waals surface area contributed by atoms with Gasteiger partial charge in [0.25, 0.3) is 6.71 Å². The number of hydrogen-bond acceptors (Lipinski definition) is 2. The molecule has 2 spiro atoms. The van der Waals surface area contributed by atoms with Crippen LogP contribution in [0.3, 0.4) is 0 Å². The largest absolute Gasteiger partial charge is 0.311 e. The normalized spacial score (nSPS) is 15.4. The minimum atomic E-state index is -0.427. The predicted molar refractivity (Wildman–Crippen MR) is 349 cm³/mol. The van der Waals surface area contributed by atoms with E-state index in [4.69, 9.17) is 0 Å². The van der Waals surface area contributed by atoms with Crippen molar-refractivity contribution in [2.75, 3.05) is 9.80 Å². The molecule has 0 amide bonds. The molecule has 0 saturated carbocycles. The maximum atomic E-state index is 2.67. The van der Waals surface area contributed by atoms with Gasteiger partial charge in [-0.25, -0.2) is 0 Å². The molecule has 0 unspecified atom stereocenters. The highest BCUT2D eigenvalue weighted by atomic mass is 15.2. The summed E-state index contributed by atoms with van der Waals surface area (Å²) in [5.74, 6) is 0. The minimum absolute atomic E-state index is 0.0237. The zero-order chi connectivity index (χ0) is 56.3. The summed E-state index contributed by atoms with van der Waals surface area (Å²) < 4.78 is 0. The lowest BCUT2D eigenvalue weighted by molar-refractivity contribution is 0.590. The van der Waals surface area contributed by atoms with Crippen LogP contribution in [0, 0.1) is 0 Å². The molecule has 11 aromatic carbocycles. The first-order valence-corrected chi connectivity index (χ1v) is 30.0. The number of hydrogen-bond donors (Lipinski definition) is 0. The molecular weight excluding hydrogens is 1000 g/mol. The Morgan fingerprint density at radius 3 is 0.855 bits per heavy atom. The molecule has 0 N–H and O–H groups in total. The summed E-state index contributed by atoms with van der Waals surface area (Å²) in [5, 5.41) is 0. The molecule has 2 aliphatic heterocycles. The van der Waals surface area contributed by atoms with Crippen LogP contribution in [0.1, 0.15) is 124 Å². The molecule has 0 fully saturated rings. The quantitative estimate of drug-likeness (QED) is 0.159. The molecule has 2 nitrogen and oxygen atoms in total. The van der Waals surface area contributed by atoms with Crippen LogP contribution in [0.2, 0.25) is 0 Å². The van der Waals surface area contributed by atoms with E-state index in [2.05, 4.69) is 303 Å². The lowest BCUT2D eigenvalue weighted by Gasteiger charge is -2.46. The lowest BCUT2D eigenvalue weighted by Crippen LogP contribution is -2.61. The van der Waals surface area contributed by atoms with Crippen LogP contribution in [0.15, 0.2) is 231 Å². The van der Waals surface area contributed by atoms with Gasteiger partial charge in [-0.2, -0.15) is 0 Å². The van der Waals surface area contributed by atoms with E-state index < -0.39 is 10.8 Å². The second-order valence-electron chi connectivity index (χ2n) is 27.6. The second kappa shape index (κ2) is 16.4. The first-order valence-electron chi connectivity index (χ1n) is 30.0. The monoisotopic (exact) mass is 1060 g/mol. The van der Waals surface area contributed by atoms with Crippen LogP contribution in [0.5, 0.6) is 0 Å². The maximum Gasteiger partial charge on any atom is 0.252 e. The molecular formula is C80H65BN2. The Morgan fingerprint density at radius 1 is 0.265 bits per heavy atom. The maximum absolute atomic E-state index is 2.67. The molecule has 6 aliphatic rings. The highest BCUT2D eigenvalue weighted by molar-refractivity contribution is 7.00. The van der Waals surface area contributed by atoms with Crippen LogP contribution in [0.4, 0.5) is 34.1 Å². The minimum Gasteiger partial charge on any atom is -0.311 e. The third-order valence-electron chi connectivity index (χ3n) is 20.1. The van der Waals surface area contributed by atoms with Gasteiger partial charge in [-0.1, -0.05) is 244 Å². The molecule has 0 aromatic heterocycles. The molecule has 398 valence electrons. The van der Waals surface area contributed by atoms with Crippen molar-refractivity contribution in [3.05, 3.63) is 292 Å². The van der Waals surface area contributed by atoms with Crippen molar-refractivity contribution in [1.29, 1.82) is 0 Å². The van der Waals surface area contributed by atoms with Crippen molar-refractivity contribution in [2.24, 2.45) is 0 Å². The van der Waals surface area contributed by atoms with Crippen LogP contribution in [-0.4, -0.2) is 6.71 Å². The summed E-state index contributed by atoms with van der Waals surface area (Å²) in [6, 6.07) is 90.1. The molecule has 11 aromatic rings. The molecule has 0 radical (unpaired) electrons. The topological polar surface area (TPSA) is 6.48 Å².